The molecular formula is C20H27ClO5S. The van der Waals surface area contributed by atoms with Gasteiger partial charge in [0.15, 0.2) is 9.84 Å². The number of allylic oxidation sites excluding steroid dienone is 1. The zero-order chi connectivity index (χ0) is 20.2. The maximum atomic E-state index is 12.1. The molecule has 3 N–H and O–H groups in total. The molecule has 2 rings (SSSR count). The van der Waals surface area contributed by atoms with Crippen molar-refractivity contribution in [2.45, 2.75) is 50.9 Å². The van der Waals surface area contributed by atoms with Crippen molar-refractivity contribution in [1.82, 2.24) is 0 Å². The highest BCUT2D eigenvalue weighted by atomic mass is 35.5. The fraction of sp³-hybridized carbons (Fsp3) is 0.500. The Hall–Kier alpha value is -1.34. The van der Waals surface area contributed by atoms with Gasteiger partial charge in [-0.3, -0.25) is 0 Å². The number of rotatable bonds is 8. The van der Waals surface area contributed by atoms with Crippen LogP contribution in [0.4, 0.5) is 0 Å². The van der Waals surface area contributed by atoms with E-state index in [1.54, 1.807) is 19.1 Å². The van der Waals surface area contributed by atoms with E-state index in [9.17, 15) is 23.7 Å². The molecule has 0 amide bonds. The van der Waals surface area contributed by atoms with Crippen molar-refractivity contribution >= 4 is 27.5 Å². The lowest BCUT2D eigenvalue weighted by molar-refractivity contribution is 0.188. The van der Waals surface area contributed by atoms with Gasteiger partial charge in [-0.1, -0.05) is 42.2 Å². The molecule has 0 unspecified atom stereocenters. The molecule has 27 heavy (non-hydrogen) atoms. The normalized spacial score (nSPS) is 20.9. The summed E-state index contributed by atoms with van der Waals surface area (Å²) in [7, 11) is -3.43. The molecule has 1 aromatic carbocycles. The summed E-state index contributed by atoms with van der Waals surface area (Å²) in [6.07, 6.45) is 3.75. The molecule has 1 aromatic rings. The average Bonchev–Trinajstić information content (AvgIpc) is 2.82. The van der Waals surface area contributed by atoms with Crippen LogP contribution in [0.5, 0.6) is 5.75 Å². The molecule has 5 nitrogen and oxygen atoms in total. The second-order valence-electron chi connectivity index (χ2n) is 7.03. The molecule has 0 saturated carbocycles. The Balaban J connectivity index is 2.16. The van der Waals surface area contributed by atoms with E-state index >= 15 is 0 Å². The van der Waals surface area contributed by atoms with Crippen LogP contribution in [0.25, 0.3) is 6.08 Å². The number of hydrogen-bond donors (Lipinski definition) is 3. The summed E-state index contributed by atoms with van der Waals surface area (Å²) < 4.78 is 24.2. The molecule has 0 radical (unpaired) electrons. The number of aromatic hydroxyl groups is 1. The topological polar surface area (TPSA) is 94.8 Å². The van der Waals surface area contributed by atoms with Crippen LogP contribution in [0.3, 0.4) is 0 Å². The minimum atomic E-state index is -3.43. The van der Waals surface area contributed by atoms with Gasteiger partial charge < -0.3 is 15.3 Å². The number of sulfone groups is 1. The number of hydrogen-bond acceptors (Lipinski definition) is 5. The van der Waals surface area contributed by atoms with Crippen molar-refractivity contribution in [3.05, 3.63) is 45.5 Å². The Morgan fingerprint density at radius 3 is 2.67 bits per heavy atom. The van der Waals surface area contributed by atoms with Gasteiger partial charge in [-0.2, -0.15) is 0 Å². The molecule has 1 heterocycles. The average molecular weight is 415 g/mol. The molecule has 1 aliphatic rings. The third kappa shape index (κ3) is 5.35. The van der Waals surface area contributed by atoms with E-state index in [2.05, 4.69) is 6.92 Å². The van der Waals surface area contributed by atoms with Gasteiger partial charge in [0.05, 0.1) is 23.5 Å². The SMILES string of the molecule is CCC/C(=C\c1ccc(O)cc1Cl)CC[C@@H](O)C1=C(C)CS(=O)(=O)[C@H]1CO. The van der Waals surface area contributed by atoms with Crippen molar-refractivity contribution in [3.8, 4) is 5.75 Å². The van der Waals surface area contributed by atoms with Gasteiger partial charge in [-0.15, -0.1) is 0 Å². The highest BCUT2D eigenvalue weighted by molar-refractivity contribution is 7.92. The van der Waals surface area contributed by atoms with Gasteiger partial charge in [0.2, 0.25) is 0 Å². The summed E-state index contributed by atoms with van der Waals surface area (Å²) in [6, 6.07) is 4.79. The predicted octanol–water partition coefficient (Wildman–Crippen LogP) is 3.48. The second-order valence-corrected chi connectivity index (χ2v) is 9.62. The van der Waals surface area contributed by atoms with Gasteiger partial charge in [0, 0.05) is 0 Å². The van der Waals surface area contributed by atoms with Crippen molar-refractivity contribution in [1.29, 1.82) is 0 Å². The lowest BCUT2D eigenvalue weighted by Gasteiger charge is -2.19. The van der Waals surface area contributed by atoms with Crippen LogP contribution in [0, 0.1) is 0 Å². The van der Waals surface area contributed by atoms with Crippen molar-refractivity contribution in [2.24, 2.45) is 0 Å². The molecule has 0 saturated heterocycles. The number of phenolic OH excluding ortho intramolecular Hbond substituents is 1. The first-order valence-electron chi connectivity index (χ1n) is 9.07. The van der Waals surface area contributed by atoms with Crippen LogP contribution in [0.1, 0.15) is 45.1 Å². The molecule has 0 fully saturated rings. The van der Waals surface area contributed by atoms with Gasteiger partial charge in [0.1, 0.15) is 11.0 Å². The minimum Gasteiger partial charge on any atom is -0.508 e. The van der Waals surface area contributed by atoms with E-state index in [1.165, 1.54) is 6.07 Å². The van der Waals surface area contributed by atoms with Crippen molar-refractivity contribution in [2.75, 3.05) is 12.4 Å². The number of aliphatic hydroxyl groups excluding tert-OH is 2. The van der Waals surface area contributed by atoms with Crippen LogP contribution in [0.2, 0.25) is 5.02 Å². The van der Waals surface area contributed by atoms with Crippen LogP contribution >= 0.6 is 11.6 Å². The standard InChI is InChI=1S/C20H27ClO5S/c1-3-4-14(9-15-6-7-16(23)10-17(15)21)5-8-18(24)20-13(2)12-27(25,26)19(20)11-22/h6-7,9-10,18-19,22-24H,3-5,8,11-12H2,1-2H3/b14-9+/t18-,19+/m1/s1. The number of aliphatic hydroxyl groups is 2. The quantitative estimate of drug-likeness (QED) is 0.566. The summed E-state index contributed by atoms with van der Waals surface area (Å²) in [5.74, 6) is -0.00436. The summed E-state index contributed by atoms with van der Waals surface area (Å²) >= 11 is 6.17. The summed E-state index contributed by atoms with van der Waals surface area (Å²) in [5.41, 5.74) is 2.95. The lowest BCUT2D eigenvalue weighted by Crippen LogP contribution is -2.29. The maximum Gasteiger partial charge on any atom is 0.163 e. The second kappa shape index (κ2) is 9.24. The van der Waals surface area contributed by atoms with Crippen LogP contribution < -0.4 is 0 Å². The molecule has 1 aliphatic heterocycles. The number of halogens is 1. The number of benzene rings is 1. The Bertz CT molecular complexity index is 842. The highest BCUT2D eigenvalue weighted by Crippen LogP contribution is 2.32. The van der Waals surface area contributed by atoms with E-state index in [4.69, 9.17) is 11.6 Å². The minimum absolute atomic E-state index is 0.101. The molecule has 0 spiro atoms. The van der Waals surface area contributed by atoms with E-state index < -0.39 is 27.8 Å². The first-order chi connectivity index (χ1) is 12.7. The van der Waals surface area contributed by atoms with E-state index in [0.29, 0.717) is 29.0 Å². The Morgan fingerprint density at radius 1 is 1.37 bits per heavy atom. The Labute approximate surface area is 165 Å². The number of phenols is 1. The van der Waals surface area contributed by atoms with Gasteiger partial charge in [-0.05, 0) is 55.5 Å². The van der Waals surface area contributed by atoms with Crippen LogP contribution in [0.15, 0.2) is 34.9 Å². The third-order valence-electron chi connectivity index (χ3n) is 4.87. The van der Waals surface area contributed by atoms with Gasteiger partial charge in [0.25, 0.3) is 0 Å². The van der Waals surface area contributed by atoms with Crippen LogP contribution in [-0.2, 0) is 9.84 Å². The predicted molar refractivity (Wildman–Crippen MR) is 109 cm³/mol. The monoisotopic (exact) mass is 414 g/mol. The van der Waals surface area contributed by atoms with E-state index in [-0.39, 0.29) is 11.5 Å². The largest absolute Gasteiger partial charge is 0.508 e. The Kier molecular flexibility index (Phi) is 7.51. The summed E-state index contributed by atoms with van der Waals surface area (Å²) in [5, 5.41) is 29.0. The fourth-order valence-corrected chi connectivity index (χ4v) is 5.76. The Morgan fingerprint density at radius 2 is 2.07 bits per heavy atom. The van der Waals surface area contributed by atoms with Gasteiger partial charge >= 0.3 is 0 Å². The van der Waals surface area contributed by atoms with Gasteiger partial charge in [-0.25, -0.2) is 8.42 Å². The van der Waals surface area contributed by atoms with E-state index in [0.717, 1.165) is 24.0 Å². The maximum absolute atomic E-state index is 12.1. The highest BCUT2D eigenvalue weighted by Gasteiger charge is 2.39. The molecule has 0 bridgehead atoms. The zero-order valence-electron chi connectivity index (χ0n) is 15.7. The first-order valence-corrected chi connectivity index (χ1v) is 11.2. The van der Waals surface area contributed by atoms with E-state index in [1.807, 2.05) is 6.08 Å². The fourth-order valence-electron chi connectivity index (χ4n) is 3.59. The molecule has 0 aromatic heterocycles. The molecule has 150 valence electrons. The molecule has 7 heteroatoms. The smallest absolute Gasteiger partial charge is 0.163 e. The van der Waals surface area contributed by atoms with Crippen LogP contribution in [-0.4, -0.2) is 47.5 Å². The van der Waals surface area contributed by atoms with Crippen molar-refractivity contribution in [3.63, 3.8) is 0 Å². The molecule has 0 aliphatic carbocycles. The lowest BCUT2D eigenvalue weighted by atomic mass is 9.94. The zero-order valence-corrected chi connectivity index (χ0v) is 17.2. The third-order valence-corrected chi connectivity index (χ3v) is 7.30. The summed E-state index contributed by atoms with van der Waals surface area (Å²) in [4.78, 5) is 0. The first kappa shape index (κ1) is 22.0. The molecular weight excluding hydrogens is 388 g/mol. The summed E-state index contributed by atoms with van der Waals surface area (Å²) in [6.45, 7) is 3.25. The molecule has 2 atom stereocenters. The van der Waals surface area contributed by atoms with Crippen molar-refractivity contribution < 1.29 is 23.7 Å².